The van der Waals surface area contributed by atoms with Crippen molar-refractivity contribution in [2.75, 3.05) is 25.1 Å². The lowest BCUT2D eigenvalue weighted by molar-refractivity contribution is 0.297. The van der Waals surface area contributed by atoms with E-state index in [1.54, 1.807) is 0 Å². The van der Waals surface area contributed by atoms with Gasteiger partial charge in [-0.25, -0.2) is 4.99 Å². The second-order valence-electron chi connectivity index (χ2n) is 3.74. The summed E-state index contributed by atoms with van der Waals surface area (Å²) in [5.41, 5.74) is 6.46. The van der Waals surface area contributed by atoms with Gasteiger partial charge in [0.2, 0.25) is 0 Å². The zero-order chi connectivity index (χ0) is 12.8. The molecule has 2 rings (SSSR count). The molecule has 5 nitrogen and oxygen atoms in total. The van der Waals surface area contributed by atoms with Crippen molar-refractivity contribution in [2.24, 2.45) is 10.7 Å². The minimum absolute atomic E-state index is 0.253. The van der Waals surface area contributed by atoms with Crippen LogP contribution in [0.15, 0.2) is 23.2 Å². The summed E-state index contributed by atoms with van der Waals surface area (Å²) >= 11 is 0. The minimum atomic E-state index is 0.253. The molecule has 0 aromatic heterocycles. The molecule has 0 saturated carbocycles. The van der Waals surface area contributed by atoms with Gasteiger partial charge in [-0.1, -0.05) is 5.92 Å². The van der Waals surface area contributed by atoms with E-state index in [2.05, 4.69) is 16.2 Å². The van der Waals surface area contributed by atoms with Gasteiger partial charge in [-0.15, -0.1) is 6.42 Å². The number of fused-ring (bicyclic) bond motifs is 1. The Morgan fingerprint density at radius 1 is 1.39 bits per heavy atom. The SMILES string of the molecule is C#CCN=C(N)Nc1ccc2c(c1)OCCCO2. The summed E-state index contributed by atoms with van der Waals surface area (Å²) < 4.78 is 11.1. The Morgan fingerprint density at radius 2 is 2.17 bits per heavy atom. The summed E-state index contributed by atoms with van der Waals surface area (Å²) in [7, 11) is 0. The Bertz CT molecular complexity index is 491. The molecule has 0 saturated heterocycles. The summed E-state index contributed by atoms with van der Waals surface area (Å²) in [6, 6.07) is 5.53. The van der Waals surface area contributed by atoms with Crippen LogP contribution in [0.2, 0.25) is 0 Å². The zero-order valence-electron chi connectivity index (χ0n) is 9.98. The predicted molar refractivity (Wildman–Crippen MR) is 71.0 cm³/mol. The summed E-state index contributed by atoms with van der Waals surface area (Å²) in [4.78, 5) is 3.94. The molecular formula is C13H15N3O2. The fourth-order valence-electron chi connectivity index (χ4n) is 1.56. The zero-order valence-corrected chi connectivity index (χ0v) is 9.98. The van der Waals surface area contributed by atoms with E-state index in [1.807, 2.05) is 18.2 Å². The number of nitrogens with zero attached hydrogens (tertiary/aromatic N) is 1. The second kappa shape index (κ2) is 5.82. The van der Waals surface area contributed by atoms with Gasteiger partial charge in [0.1, 0.15) is 6.54 Å². The molecule has 1 heterocycles. The molecule has 0 aliphatic carbocycles. The highest BCUT2D eigenvalue weighted by Crippen LogP contribution is 2.32. The van der Waals surface area contributed by atoms with Gasteiger partial charge in [0.05, 0.1) is 13.2 Å². The second-order valence-corrected chi connectivity index (χ2v) is 3.74. The molecule has 5 heteroatoms. The number of benzene rings is 1. The minimum Gasteiger partial charge on any atom is -0.490 e. The summed E-state index contributed by atoms with van der Waals surface area (Å²) in [5, 5.41) is 2.94. The highest BCUT2D eigenvalue weighted by Gasteiger charge is 2.10. The molecule has 0 unspecified atom stereocenters. The molecule has 0 fully saturated rings. The third-order valence-corrected chi connectivity index (χ3v) is 2.36. The first-order valence-electron chi connectivity index (χ1n) is 5.69. The topological polar surface area (TPSA) is 68.9 Å². The average molecular weight is 245 g/mol. The van der Waals surface area contributed by atoms with Crippen LogP contribution >= 0.6 is 0 Å². The largest absolute Gasteiger partial charge is 0.490 e. The number of guanidine groups is 1. The predicted octanol–water partition coefficient (Wildman–Crippen LogP) is 1.21. The first kappa shape index (κ1) is 12.1. The van der Waals surface area contributed by atoms with E-state index in [4.69, 9.17) is 21.6 Å². The number of ether oxygens (including phenoxy) is 2. The molecule has 18 heavy (non-hydrogen) atoms. The molecule has 94 valence electrons. The number of hydrogen-bond acceptors (Lipinski definition) is 3. The average Bonchev–Trinajstić information content (AvgIpc) is 2.61. The van der Waals surface area contributed by atoms with E-state index in [1.165, 1.54) is 0 Å². The molecule has 1 aromatic rings. The molecule has 0 bridgehead atoms. The van der Waals surface area contributed by atoms with Gasteiger partial charge in [-0.05, 0) is 12.1 Å². The fraction of sp³-hybridized carbons (Fsp3) is 0.308. The Balaban J connectivity index is 2.11. The summed E-state index contributed by atoms with van der Waals surface area (Å²) in [6.07, 6.45) is 5.98. The third kappa shape index (κ3) is 3.08. The van der Waals surface area contributed by atoms with Gasteiger partial charge < -0.3 is 20.5 Å². The van der Waals surface area contributed by atoms with Crippen LogP contribution in [0.1, 0.15) is 6.42 Å². The number of rotatable bonds is 2. The van der Waals surface area contributed by atoms with Crippen LogP contribution in [-0.4, -0.2) is 25.7 Å². The highest BCUT2D eigenvalue weighted by atomic mass is 16.5. The normalized spacial score (nSPS) is 14.5. The fourth-order valence-corrected chi connectivity index (χ4v) is 1.56. The van der Waals surface area contributed by atoms with Crippen molar-refractivity contribution in [3.63, 3.8) is 0 Å². The van der Waals surface area contributed by atoms with E-state index >= 15 is 0 Å². The number of terminal acetylenes is 1. The number of aliphatic imine (C=N–C) groups is 1. The lowest BCUT2D eigenvalue weighted by atomic mass is 10.3. The van der Waals surface area contributed by atoms with Gasteiger partial charge in [-0.3, -0.25) is 0 Å². The quantitative estimate of drug-likeness (QED) is 0.467. The van der Waals surface area contributed by atoms with Crippen LogP contribution in [0, 0.1) is 12.3 Å². The molecule has 0 radical (unpaired) electrons. The molecule has 0 atom stereocenters. The number of nitrogens with two attached hydrogens (primary N) is 1. The Labute approximate surface area is 106 Å². The van der Waals surface area contributed by atoms with Crippen molar-refractivity contribution in [3.05, 3.63) is 18.2 Å². The van der Waals surface area contributed by atoms with E-state index in [9.17, 15) is 0 Å². The molecule has 1 aliphatic rings. The van der Waals surface area contributed by atoms with Crippen molar-refractivity contribution in [2.45, 2.75) is 6.42 Å². The van der Waals surface area contributed by atoms with E-state index in [-0.39, 0.29) is 12.5 Å². The van der Waals surface area contributed by atoms with E-state index in [0.29, 0.717) is 19.0 Å². The van der Waals surface area contributed by atoms with Gasteiger partial charge in [0.25, 0.3) is 0 Å². The van der Waals surface area contributed by atoms with Crippen molar-refractivity contribution >= 4 is 11.6 Å². The molecule has 1 aliphatic heterocycles. The van der Waals surface area contributed by atoms with E-state index < -0.39 is 0 Å². The van der Waals surface area contributed by atoms with Gasteiger partial charge in [0.15, 0.2) is 17.5 Å². The molecule has 0 spiro atoms. The maximum absolute atomic E-state index is 5.67. The summed E-state index contributed by atoms with van der Waals surface area (Å²) in [5.74, 6) is 4.13. The van der Waals surface area contributed by atoms with Gasteiger partial charge >= 0.3 is 0 Å². The molecule has 1 aromatic carbocycles. The van der Waals surface area contributed by atoms with Crippen molar-refractivity contribution in [1.82, 2.24) is 0 Å². The monoisotopic (exact) mass is 245 g/mol. The highest BCUT2D eigenvalue weighted by molar-refractivity contribution is 5.92. The van der Waals surface area contributed by atoms with Gasteiger partial charge in [-0.2, -0.15) is 0 Å². The first-order valence-corrected chi connectivity index (χ1v) is 5.69. The van der Waals surface area contributed by atoms with Crippen LogP contribution in [0.4, 0.5) is 5.69 Å². The summed E-state index contributed by atoms with van der Waals surface area (Å²) in [6.45, 7) is 1.58. The molecule has 3 N–H and O–H groups in total. The standard InChI is InChI=1S/C13H15N3O2/c1-2-6-15-13(14)16-10-4-5-11-12(9-10)18-8-3-7-17-11/h1,4-5,9H,3,6-8H2,(H3,14,15,16). The van der Waals surface area contributed by atoms with Crippen LogP contribution < -0.4 is 20.5 Å². The Kier molecular flexibility index (Phi) is 3.92. The third-order valence-electron chi connectivity index (χ3n) is 2.36. The number of nitrogens with one attached hydrogen (secondary N) is 1. The maximum Gasteiger partial charge on any atom is 0.194 e. The van der Waals surface area contributed by atoms with Crippen LogP contribution in [0.25, 0.3) is 0 Å². The number of hydrogen-bond donors (Lipinski definition) is 2. The van der Waals surface area contributed by atoms with Crippen LogP contribution in [0.3, 0.4) is 0 Å². The van der Waals surface area contributed by atoms with Crippen molar-refractivity contribution < 1.29 is 9.47 Å². The van der Waals surface area contributed by atoms with Crippen molar-refractivity contribution in [3.8, 4) is 23.8 Å². The van der Waals surface area contributed by atoms with Gasteiger partial charge in [0, 0.05) is 18.2 Å². The maximum atomic E-state index is 5.67. The van der Waals surface area contributed by atoms with E-state index in [0.717, 1.165) is 17.9 Å². The van der Waals surface area contributed by atoms with Crippen LogP contribution in [0.5, 0.6) is 11.5 Å². The Morgan fingerprint density at radius 3 is 2.94 bits per heavy atom. The van der Waals surface area contributed by atoms with Crippen molar-refractivity contribution in [1.29, 1.82) is 0 Å². The first-order chi connectivity index (χ1) is 8.79. The molecule has 0 amide bonds. The van der Waals surface area contributed by atoms with Crippen LogP contribution in [-0.2, 0) is 0 Å². The lowest BCUT2D eigenvalue weighted by Crippen LogP contribution is -2.22. The molecular weight excluding hydrogens is 230 g/mol. The smallest absolute Gasteiger partial charge is 0.194 e. The number of anilines is 1. The Hall–Kier alpha value is -2.35. The lowest BCUT2D eigenvalue weighted by Gasteiger charge is -2.10.